The van der Waals surface area contributed by atoms with E-state index in [1.54, 1.807) is 6.92 Å². The summed E-state index contributed by atoms with van der Waals surface area (Å²) >= 11 is 0. The minimum atomic E-state index is 0.0885. The summed E-state index contributed by atoms with van der Waals surface area (Å²) in [5.41, 5.74) is 3.52. The predicted molar refractivity (Wildman–Crippen MR) is 158 cm³/mol. The van der Waals surface area contributed by atoms with E-state index in [1.807, 2.05) is 35.2 Å². The zero-order valence-electron chi connectivity index (χ0n) is 23.7. The Morgan fingerprint density at radius 3 is 2.41 bits per heavy atom. The van der Waals surface area contributed by atoms with Crippen molar-refractivity contribution in [3.63, 3.8) is 0 Å². The second kappa shape index (κ2) is 10.9. The molecule has 0 N–H and O–H groups in total. The Bertz CT molecular complexity index is 1480. The van der Waals surface area contributed by atoms with Gasteiger partial charge in [-0.25, -0.2) is 4.98 Å². The second-order valence-electron chi connectivity index (χ2n) is 11.6. The van der Waals surface area contributed by atoms with Gasteiger partial charge in [-0.3, -0.25) is 9.59 Å². The predicted octanol–water partition coefficient (Wildman–Crippen LogP) is 4.00. The molecule has 4 aliphatic rings. The van der Waals surface area contributed by atoms with E-state index in [4.69, 9.17) is 14.5 Å². The number of pyridine rings is 1. The van der Waals surface area contributed by atoms with E-state index in [9.17, 15) is 9.59 Å². The van der Waals surface area contributed by atoms with Crippen molar-refractivity contribution >= 4 is 28.5 Å². The van der Waals surface area contributed by atoms with Gasteiger partial charge in [0.25, 0.3) is 5.91 Å². The van der Waals surface area contributed by atoms with Crippen molar-refractivity contribution in [2.24, 2.45) is 0 Å². The maximum Gasteiger partial charge on any atom is 0.254 e. The van der Waals surface area contributed by atoms with Crippen LogP contribution >= 0.6 is 0 Å². The zero-order chi connectivity index (χ0) is 27.9. The maximum atomic E-state index is 14.4. The summed E-state index contributed by atoms with van der Waals surface area (Å²) < 4.78 is 11.1. The molecule has 1 aromatic heterocycles. The fraction of sp³-hybridized carbons (Fsp3) is 0.469. The van der Waals surface area contributed by atoms with Gasteiger partial charge >= 0.3 is 0 Å². The highest BCUT2D eigenvalue weighted by Gasteiger charge is 2.33. The molecular weight excluding hydrogens is 518 g/mol. The number of ether oxygens (including phenoxy) is 2. The van der Waals surface area contributed by atoms with E-state index in [2.05, 4.69) is 26.8 Å². The van der Waals surface area contributed by atoms with Gasteiger partial charge < -0.3 is 29.1 Å². The lowest BCUT2D eigenvalue weighted by Crippen LogP contribution is -2.48. The van der Waals surface area contributed by atoms with Crippen LogP contribution in [-0.4, -0.2) is 96.7 Å². The van der Waals surface area contributed by atoms with Crippen molar-refractivity contribution in [1.29, 1.82) is 0 Å². The monoisotopic (exact) mass is 555 g/mol. The molecule has 3 fully saturated rings. The fourth-order valence-electron chi connectivity index (χ4n) is 6.77. The van der Waals surface area contributed by atoms with Gasteiger partial charge in [-0.15, -0.1) is 0 Å². The first-order chi connectivity index (χ1) is 20.0. The van der Waals surface area contributed by atoms with Crippen LogP contribution in [0.15, 0.2) is 42.5 Å². The van der Waals surface area contributed by atoms with E-state index in [-0.39, 0.29) is 24.6 Å². The van der Waals surface area contributed by atoms with Crippen LogP contribution in [0.2, 0.25) is 0 Å². The molecule has 2 amide bonds. The molecule has 9 nitrogen and oxygen atoms in total. The van der Waals surface area contributed by atoms with Gasteiger partial charge in [-0.05, 0) is 80.2 Å². The minimum Gasteiger partial charge on any atom is -0.454 e. The van der Waals surface area contributed by atoms with Crippen LogP contribution in [0.1, 0.15) is 43.0 Å². The SMILES string of the molecule is CC(=O)N1CCN(c2cc(C(=O)N3CCC[C@H]3CN3CCCC3)c3cc(-c4ccc5c(c4)OCO5)ccc3n2)CC1. The summed E-state index contributed by atoms with van der Waals surface area (Å²) in [5.74, 6) is 2.47. The third-order valence-corrected chi connectivity index (χ3v) is 9.09. The number of fused-ring (bicyclic) bond motifs is 2. The highest BCUT2D eigenvalue weighted by molar-refractivity contribution is 6.08. The molecule has 4 aliphatic heterocycles. The number of rotatable bonds is 5. The first-order valence-electron chi connectivity index (χ1n) is 14.9. The molecule has 7 rings (SSSR count). The number of likely N-dealkylation sites (tertiary alicyclic amines) is 2. The number of hydrogen-bond donors (Lipinski definition) is 0. The second-order valence-corrected chi connectivity index (χ2v) is 11.6. The molecule has 0 saturated carbocycles. The third kappa shape index (κ3) is 5.07. The number of hydrogen-bond acceptors (Lipinski definition) is 7. The van der Waals surface area contributed by atoms with Crippen LogP contribution < -0.4 is 14.4 Å². The number of anilines is 1. The maximum absolute atomic E-state index is 14.4. The molecule has 0 spiro atoms. The lowest BCUT2D eigenvalue weighted by atomic mass is 9.99. The van der Waals surface area contributed by atoms with E-state index in [0.29, 0.717) is 31.7 Å². The summed E-state index contributed by atoms with van der Waals surface area (Å²) in [4.78, 5) is 40.0. The van der Waals surface area contributed by atoms with Gasteiger partial charge in [-0.2, -0.15) is 0 Å². The van der Waals surface area contributed by atoms with Crippen LogP contribution in [0.25, 0.3) is 22.0 Å². The Labute approximate surface area is 240 Å². The highest BCUT2D eigenvalue weighted by Crippen LogP contribution is 2.37. The molecule has 2 aromatic carbocycles. The Balaban J connectivity index is 1.26. The van der Waals surface area contributed by atoms with Gasteiger partial charge in [0.05, 0.1) is 11.1 Å². The lowest BCUT2D eigenvalue weighted by Gasteiger charge is -2.35. The van der Waals surface area contributed by atoms with E-state index >= 15 is 0 Å². The standard InChI is InChI=1S/C32H37N5O4/c1-22(38)35-13-15-36(16-14-35)31-19-27(32(39)37-12-4-5-25(37)20-34-10-2-3-11-34)26-17-23(6-8-28(26)33-31)24-7-9-29-30(18-24)41-21-40-29/h6-9,17-19,25H,2-5,10-16,20-21H2,1H3/t25-/m0/s1. The van der Waals surface area contributed by atoms with Crippen molar-refractivity contribution in [2.75, 3.05) is 64.1 Å². The summed E-state index contributed by atoms with van der Waals surface area (Å²) in [6, 6.07) is 14.4. The Morgan fingerprint density at radius 2 is 1.61 bits per heavy atom. The van der Waals surface area contributed by atoms with E-state index in [0.717, 1.165) is 78.4 Å². The third-order valence-electron chi connectivity index (χ3n) is 9.09. The van der Waals surface area contributed by atoms with Crippen LogP contribution in [0.5, 0.6) is 11.5 Å². The van der Waals surface area contributed by atoms with Crippen LogP contribution in [-0.2, 0) is 4.79 Å². The average Bonchev–Trinajstić information content (AvgIpc) is 3.78. The van der Waals surface area contributed by atoms with Gasteiger partial charge in [0.15, 0.2) is 11.5 Å². The first-order valence-corrected chi connectivity index (χ1v) is 14.9. The Morgan fingerprint density at radius 1 is 0.854 bits per heavy atom. The van der Waals surface area contributed by atoms with Crippen LogP contribution in [0, 0.1) is 0 Å². The van der Waals surface area contributed by atoms with Crippen molar-refractivity contribution in [3.05, 3.63) is 48.0 Å². The highest BCUT2D eigenvalue weighted by atomic mass is 16.7. The molecule has 0 radical (unpaired) electrons. The molecule has 0 bridgehead atoms. The number of carbonyl (C=O) groups is 2. The average molecular weight is 556 g/mol. The molecular formula is C32H37N5O4. The molecule has 9 heteroatoms. The normalized spacial score (nSPS) is 20.8. The smallest absolute Gasteiger partial charge is 0.254 e. The van der Waals surface area contributed by atoms with Crippen molar-refractivity contribution in [2.45, 2.75) is 38.6 Å². The summed E-state index contributed by atoms with van der Waals surface area (Å²) in [5, 5.41) is 0.864. The number of piperazine rings is 1. The van der Waals surface area contributed by atoms with E-state index in [1.165, 1.54) is 12.8 Å². The number of amides is 2. The quantitative estimate of drug-likeness (QED) is 0.471. The summed E-state index contributed by atoms with van der Waals surface area (Å²) in [6.45, 7) is 8.57. The minimum absolute atomic E-state index is 0.0885. The van der Waals surface area contributed by atoms with Crippen molar-refractivity contribution in [3.8, 4) is 22.6 Å². The van der Waals surface area contributed by atoms with Gasteiger partial charge in [0.2, 0.25) is 12.7 Å². The zero-order valence-corrected chi connectivity index (χ0v) is 23.7. The molecule has 1 atom stereocenters. The molecule has 5 heterocycles. The molecule has 0 aliphatic carbocycles. The van der Waals surface area contributed by atoms with Gasteiger partial charge in [0, 0.05) is 57.6 Å². The van der Waals surface area contributed by atoms with Crippen LogP contribution in [0.4, 0.5) is 5.82 Å². The molecule has 0 unspecified atom stereocenters. The molecule has 214 valence electrons. The Kier molecular flexibility index (Phi) is 6.90. The number of aromatic nitrogens is 1. The first kappa shape index (κ1) is 26.1. The van der Waals surface area contributed by atoms with Gasteiger partial charge in [0.1, 0.15) is 5.82 Å². The largest absolute Gasteiger partial charge is 0.454 e. The fourth-order valence-corrected chi connectivity index (χ4v) is 6.77. The van der Waals surface area contributed by atoms with Crippen LogP contribution in [0.3, 0.4) is 0 Å². The summed E-state index contributed by atoms with van der Waals surface area (Å²) in [6.07, 6.45) is 4.58. The number of carbonyl (C=O) groups excluding carboxylic acids is 2. The van der Waals surface area contributed by atoms with E-state index < -0.39 is 0 Å². The number of nitrogens with zero attached hydrogens (tertiary/aromatic N) is 5. The molecule has 3 aromatic rings. The summed E-state index contributed by atoms with van der Waals surface area (Å²) in [7, 11) is 0. The van der Waals surface area contributed by atoms with Crippen molar-refractivity contribution in [1.82, 2.24) is 19.7 Å². The molecule has 41 heavy (non-hydrogen) atoms. The lowest BCUT2D eigenvalue weighted by molar-refractivity contribution is -0.129. The number of benzene rings is 2. The van der Waals surface area contributed by atoms with Crippen molar-refractivity contribution < 1.29 is 19.1 Å². The topological polar surface area (TPSA) is 78.5 Å². The Hall–Kier alpha value is -3.85. The molecule has 3 saturated heterocycles. The van der Waals surface area contributed by atoms with Gasteiger partial charge in [-0.1, -0.05) is 12.1 Å².